The van der Waals surface area contributed by atoms with E-state index >= 15 is 0 Å². The maximum absolute atomic E-state index is 6.70. The highest BCUT2D eigenvalue weighted by molar-refractivity contribution is 6.82. The van der Waals surface area contributed by atoms with Crippen LogP contribution in [0.3, 0.4) is 0 Å². The Hall–Kier alpha value is 1.36. The standard InChI is InChI=1S/C6HCl5O.2C6H15OSi.Al/c7-1-2(8)4(10)6(12)5(11)3(1)9;2*1-4-8(7,5-2)6-3;/h12H;2*4-6H2,1-3H3;/q;2*-1;+3/p-1. The summed E-state index contributed by atoms with van der Waals surface area (Å²) in [5.74, 6) is 0.196. The lowest BCUT2D eigenvalue weighted by molar-refractivity contribution is 0.292. The molecule has 0 atom stereocenters. The van der Waals surface area contributed by atoms with E-state index in [1.165, 1.54) is 0 Å². The fourth-order valence-electron chi connectivity index (χ4n) is 3.26. The summed E-state index contributed by atoms with van der Waals surface area (Å²) in [7, 11) is -3.98. The highest BCUT2D eigenvalue weighted by Gasteiger charge is 2.49. The molecule has 0 aliphatic carbocycles. The zero-order chi connectivity index (χ0) is 22.4. The van der Waals surface area contributed by atoms with Crippen LogP contribution in [0.25, 0.3) is 0 Å². The molecule has 0 N–H and O–H groups in total. The molecule has 0 radical (unpaired) electrons. The van der Waals surface area contributed by atoms with Crippen molar-refractivity contribution >= 4 is 89.8 Å². The van der Waals surface area contributed by atoms with E-state index in [-0.39, 0.29) is 30.9 Å². The second kappa shape index (κ2) is 12.6. The van der Waals surface area contributed by atoms with Gasteiger partial charge in [0.15, 0.2) is 16.6 Å². The van der Waals surface area contributed by atoms with Crippen molar-refractivity contribution in [3.05, 3.63) is 25.1 Å². The molecular formula is C18H30AlCl5O3Si2. The van der Waals surface area contributed by atoms with E-state index in [1.807, 2.05) is 0 Å². The Bertz CT molecular complexity index is 620. The molecule has 0 saturated carbocycles. The summed E-state index contributed by atoms with van der Waals surface area (Å²) >= 11 is 28.8. The van der Waals surface area contributed by atoms with Crippen LogP contribution in [0.4, 0.5) is 0 Å². The minimum atomic E-state index is -2.64. The first-order chi connectivity index (χ1) is 13.6. The fourth-order valence-corrected chi connectivity index (χ4v) is 16.3. The highest BCUT2D eigenvalue weighted by Crippen LogP contribution is 2.48. The average Bonchev–Trinajstić information content (AvgIpc) is 2.75. The molecule has 0 aliphatic rings. The summed E-state index contributed by atoms with van der Waals surface area (Å²) in [5, 5.41) is 0.587. The number of rotatable bonds is 12. The first kappa shape index (κ1) is 28.4. The van der Waals surface area contributed by atoms with Gasteiger partial charge in [-0.2, -0.15) is 0 Å². The van der Waals surface area contributed by atoms with Crippen LogP contribution in [-0.4, -0.2) is 31.8 Å². The van der Waals surface area contributed by atoms with Gasteiger partial charge in [0.2, 0.25) is 0 Å². The Labute approximate surface area is 207 Å². The normalized spacial score (nSPS) is 12.4. The molecule has 0 aromatic heterocycles. The predicted octanol–water partition coefficient (Wildman–Crippen LogP) is 9.36. The molecule has 0 spiro atoms. The molecule has 0 unspecified atom stereocenters. The van der Waals surface area contributed by atoms with E-state index < -0.39 is 31.8 Å². The van der Waals surface area contributed by atoms with Gasteiger partial charge in [0.1, 0.15) is 15.8 Å². The van der Waals surface area contributed by atoms with Gasteiger partial charge in [-0.05, 0) is 36.3 Å². The van der Waals surface area contributed by atoms with E-state index in [0.717, 1.165) is 36.3 Å². The van der Waals surface area contributed by atoms with Gasteiger partial charge in [-0.15, -0.1) is 0 Å². The van der Waals surface area contributed by atoms with Crippen LogP contribution in [0.5, 0.6) is 5.75 Å². The molecule has 0 fully saturated rings. The zero-order valence-corrected chi connectivity index (χ0v) is 24.9. The summed E-state index contributed by atoms with van der Waals surface area (Å²) in [6.45, 7) is 13.0. The summed E-state index contributed by atoms with van der Waals surface area (Å²) in [6.07, 6.45) is 0. The Morgan fingerprint density at radius 2 is 0.828 bits per heavy atom. The predicted molar refractivity (Wildman–Crippen MR) is 134 cm³/mol. The molecular weight excluding hydrogens is 525 g/mol. The molecule has 1 aromatic rings. The topological polar surface area (TPSA) is 27.7 Å². The van der Waals surface area contributed by atoms with Crippen LogP contribution in [-0.2, 0) is 6.96 Å². The number of hydrogen-bond acceptors (Lipinski definition) is 3. The first-order valence-electron chi connectivity index (χ1n) is 10.1. The van der Waals surface area contributed by atoms with Crippen molar-refractivity contribution in [2.75, 3.05) is 0 Å². The minimum absolute atomic E-state index is 0.106. The maximum Gasteiger partial charge on any atom is 0.979 e. The zero-order valence-electron chi connectivity index (χ0n) is 17.9. The fraction of sp³-hybridized carbons (Fsp3) is 0.667. The van der Waals surface area contributed by atoms with Crippen LogP contribution in [0.1, 0.15) is 41.5 Å². The molecule has 0 saturated heterocycles. The van der Waals surface area contributed by atoms with Crippen LogP contribution in [0.15, 0.2) is 0 Å². The number of hydrogen-bond donors (Lipinski definition) is 0. The molecule has 0 heterocycles. The molecule has 0 amide bonds. The summed E-state index contributed by atoms with van der Waals surface area (Å²) in [5.41, 5.74) is 0. The molecule has 1 aromatic carbocycles. The van der Waals surface area contributed by atoms with Crippen molar-refractivity contribution in [3.8, 4) is 5.75 Å². The Morgan fingerprint density at radius 3 is 1.10 bits per heavy atom. The van der Waals surface area contributed by atoms with Crippen LogP contribution >= 0.6 is 58.0 Å². The summed E-state index contributed by atoms with van der Waals surface area (Å²) in [4.78, 5) is 0. The van der Waals surface area contributed by atoms with Crippen molar-refractivity contribution in [3.63, 3.8) is 0 Å². The van der Waals surface area contributed by atoms with E-state index in [4.69, 9.17) is 68.7 Å². The molecule has 3 nitrogen and oxygen atoms in total. The SMILES string of the molecule is CC[Si](CC)(CC)[O][Al]([O]c1c(Cl)c(Cl)c(Cl)c(Cl)c1Cl)[O][Si](CC)(CC)CC. The molecule has 29 heavy (non-hydrogen) atoms. The molecule has 0 bridgehead atoms. The first-order valence-corrected chi connectivity index (χ1v) is 18.5. The van der Waals surface area contributed by atoms with Crippen molar-refractivity contribution in [1.29, 1.82) is 0 Å². The van der Waals surface area contributed by atoms with Gasteiger partial charge in [-0.3, -0.25) is 0 Å². The van der Waals surface area contributed by atoms with E-state index in [0.29, 0.717) is 0 Å². The van der Waals surface area contributed by atoms with Crippen molar-refractivity contribution in [1.82, 2.24) is 0 Å². The van der Waals surface area contributed by atoms with Crippen molar-refractivity contribution in [2.45, 2.75) is 77.8 Å². The third-order valence-corrected chi connectivity index (χ3v) is 21.9. The largest absolute Gasteiger partial charge is 0.979 e. The van der Waals surface area contributed by atoms with E-state index in [1.54, 1.807) is 0 Å². The van der Waals surface area contributed by atoms with Crippen LogP contribution in [0, 0.1) is 0 Å². The van der Waals surface area contributed by atoms with Crippen molar-refractivity contribution < 1.29 is 10.7 Å². The Morgan fingerprint density at radius 1 is 0.552 bits per heavy atom. The Kier molecular flexibility index (Phi) is 12.3. The molecule has 0 aliphatic heterocycles. The third kappa shape index (κ3) is 6.68. The second-order valence-electron chi connectivity index (χ2n) is 7.03. The van der Waals surface area contributed by atoms with Gasteiger partial charge in [0.25, 0.3) is 0 Å². The van der Waals surface area contributed by atoms with Gasteiger partial charge >= 0.3 is 15.1 Å². The monoisotopic (exact) mass is 552 g/mol. The lowest BCUT2D eigenvalue weighted by Gasteiger charge is -2.36. The van der Waals surface area contributed by atoms with Gasteiger partial charge in [0.05, 0.1) is 15.1 Å². The molecule has 1 rings (SSSR count). The minimum Gasteiger partial charge on any atom is -0.597 e. The van der Waals surface area contributed by atoms with Gasteiger partial charge in [-0.1, -0.05) is 99.5 Å². The third-order valence-electron chi connectivity index (χ3n) is 5.94. The quantitative estimate of drug-likeness (QED) is 0.146. The number of benzene rings is 1. The van der Waals surface area contributed by atoms with E-state index in [2.05, 4.69) is 41.5 Å². The van der Waals surface area contributed by atoms with Crippen molar-refractivity contribution in [2.24, 2.45) is 0 Å². The van der Waals surface area contributed by atoms with Crippen LogP contribution < -0.4 is 3.79 Å². The smallest absolute Gasteiger partial charge is 0.597 e. The maximum atomic E-state index is 6.70. The second-order valence-corrected chi connectivity index (χ2v) is 20.6. The summed E-state index contributed by atoms with van der Waals surface area (Å²) in [6, 6.07) is 5.91. The summed E-state index contributed by atoms with van der Waals surface area (Å²) < 4.78 is 19.7. The lowest BCUT2D eigenvalue weighted by atomic mass is 10.3. The van der Waals surface area contributed by atoms with Gasteiger partial charge in [0, 0.05) is 0 Å². The molecule has 11 heteroatoms. The molecule has 166 valence electrons. The average molecular weight is 555 g/mol. The number of halogens is 5. The lowest BCUT2D eigenvalue weighted by Crippen LogP contribution is -2.52. The highest BCUT2D eigenvalue weighted by atomic mass is 35.5. The van der Waals surface area contributed by atoms with Gasteiger partial charge in [-0.25, -0.2) is 0 Å². The Balaban J connectivity index is 3.43. The van der Waals surface area contributed by atoms with E-state index in [9.17, 15) is 0 Å². The van der Waals surface area contributed by atoms with Gasteiger partial charge < -0.3 is 10.7 Å². The van der Waals surface area contributed by atoms with Crippen LogP contribution in [0.2, 0.25) is 61.4 Å².